The molecule has 1 heterocycles. The molecule has 4 rings (SSSR count). The highest BCUT2D eigenvalue weighted by atomic mass is 16.6. The summed E-state index contributed by atoms with van der Waals surface area (Å²) < 4.78 is 10.5. The van der Waals surface area contributed by atoms with Crippen LogP contribution in [0.15, 0.2) is 72.8 Å². The van der Waals surface area contributed by atoms with E-state index in [9.17, 15) is 19.7 Å². The van der Waals surface area contributed by atoms with Crippen molar-refractivity contribution >= 4 is 39.6 Å². The van der Waals surface area contributed by atoms with Gasteiger partial charge in [-0.05, 0) is 25.1 Å². The van der Waals surface area contributed by atoms with E-state index in [0.29, 0.717) is 0 Å². The fourth-order valence-electron chi connectivity index (χ4n) is 3.58. The molecule has 0 fully saturated rings. The standard InChI is InChI=1S/C25H21N3O6/c1-16(26-25(30)34-14-17-8-2-7-13-23(17)28(31)32)24(29)33-15-20-18-9-3-5-11-21(18)27-22-12-6-4-10-19(20)22/h2-13,16H,14-15H2,1H3,(H,26,30)/t16-/m0/s1. The van der Waals surface area contributed by atoms with E-state index in [1.54, 1.807) is 6.07 Å². The summed E-state index contributed by atoms with van der Waals surface area (Å²) in [6.07, 6.45) is -0.887. The SMILES string of the molecule is C[C@H](NC(=O)OCc1ccccc1[N+](=O)[O-])C(=O)OCc1c2ccccc2nc2ccccc12. The second-order valence-electron chi connectivity index (χ2n) is 7.56. The number of amides is 1. The summed E-state index contributed by atoms with van der Waals surface area (Å²) in [5.74, 6) is -0.646. The normalized spacial score (nSPS) is 11.7. The van der Waals surface area contributed by atoms with Crippen LogP contribution in [0.25, 0.3) is 21.8 Å². The zero-order valence-electron chi connectivity index (χ0n) is 18.3. The summed E-state index contributed by atoms with van der Waals surface area (Å²) in [6, 6.07) is 20.1. The van der Waals surface area contributed by atoms with E-state index in [2.05, 4.69) is 10.3 Å². The molecule has 0 aliphatic rings. The molecule has 0 aliphatic carbocycles. The van der Waals surface area contributed by atoms with Crippen molar-refractivity contribution in [3.63, 3.8) is 0 Å². The molecule has 1 amide bonds. The van der Waals surface area contributed by atoms with Crippen molar-refractivity contribution in [2.24, 2.45) is 0 Å². The number of carbonyl (C=O) groups is 2. The number of carbonyl (C=O) groups excluding carboxylic acids is 2. The molecule has 0 saturated carbocycles. The Morgan fingerprint density at radius 2 is 1.50 bits per heavy atom. The second kappa shape index (κ2) is 9.95. The molecule has 1 N–H and O–H groups in total. The molecule has 3 aromatic carbocycles. The van der Waals surface area contributed by atoms with Crippen LogP contribution in [0.3, 0.4) is 0 Å². The van der Waals surface area contributed by atoms with Gasteiger partial charge in [-0.25, -0.2) is 14.6 Å². The first-order chi connectivity index (χ1) is 16.4. The van der Waals surface area contributed by atoms with E-state index in [0.717, 1.165) is 27.4 Å². The fourth-order valence-corrected chi connectivity index (χ4v) is 3.58. The number of esters is 1. The number of fused-ring (bicyclic) bond motifs is 2. The first-order valence-electron chi connectivity index (χ1n) is 10.5. The number of alkyl carbamates (subject to hydrolysis) is 1. The first-order valence-corrected chi connectivity index (χ1v) is 10.5. The van der Waals surface area contributed by atoms with Crippen molar-refractivity contribution in [3.05, 3.63) is 94.0 Å². The lowest BCUT2D eigenvalue weighted by molar-refractivity contribution is -0.385. The number of nitro benzene ring substituents is 1. The number of nitrogens with one attached hydrogen (secondary N) is 1. The zero-order valence-corrected chi connectivity index (χ0v) is 18.3. The highest BCUT2D eigenvalue weighted by Gasteiger charge is 2.20. The summed E-state index contributed by atoms with van der Waals surface area (Å²) >= 11 is 0. The van der Waals surface area contributed by atoms with Gasteiger partial charge in [0.05, 0.1) is 21.5 Å². The van der Waals surface area contributed by atoms with Crippen LogP contribution in [-0.2, 0) is 27.5 Å². The molecular weight excluding hydrogens is 438 g/mol. The van der Waals surface area contributed by atoms with E-state index in [-0.39, 0.29) is 24.5 Å². The van der Waals surface area contributed by atoms with Crippen molar-refractivity contribution in [1.29, 1.82) is 0 Å². The molecule has 0 saturated heterocycles. The number of hydrogen-bond donors (Lipinski definition) is 1. The predicted octanol–water partition coefficient (Wildman–Crippen LogP) is 4.65. The quantitative estimate of drug-likeness (QED) is 0.185. The van der Waals surface area contributed by atoms with Gasteiger partial charge < -0.3 is 14.8 Å². The van der Waals surface area contributed by atoms with Crippen molar-refractivity contribution < 1.29 is 24.0 Å². The number of pyridine rings is 1. The minimum Gasteiger partial charge on any atom is -0.459 e. The Morgan fingerprint density at radius 1 is 0.912 bits per heavy atom. The van der Waals surface area contributed by atoms with Gasteiger partial charge >= 0.3 is 12.1 Å². The van der Waals surface area contributed by atoms with Gasteiger partial charge in [0.25, 0.3) is 5.69 Å². The molecular formula is C25H21N3O6. The van der Waals surface area contributed by atoms with Crippen LogP contribution in [0, 0.1) is 10.1 Å². The maximum Gasteiger partial charge on any atom is 0.408 e. The highest BCUT2D eigenvalue weighted by Crippen LogP contribution is 2.26. The van der Waals surface area contributed by atoms with Crippen LogP contribution < -0.4 is 5.32 Å². The van der Waals surface area contributed by atoms with E-state index in [1.807, 2.05) is 48.5 Å². The Morgan fingerprint density at radius 3 is 2.15 bits per heavy atom. The van der Waals surface area contributed by atoms with Crippen LogP contribution in [0.5, 0.6) is 0 Å². The zero-order chi connectivity index (χ0) is 24.1. The number of nitro groups is 1. The lowest BCUT2D eigenvalue weighted by atomic mass is 10.0. The van der Waals surface area contributed by atoms with Gasteiger partial charge in [-0.15, -0.1) is 0 Å². The lowest BCUT2D eigenvalue weighted by Crippen LogP contribution is -2.39. The molecule has 0 aliphatic heterocycles. The maximum absolute atomic E-state index is 12.5. The van der Waals surface area contributed by atoms with Crippen LogP contribution in [0.2, 0.25) is 0 Å². The molecule has 1 atom stereocenters. The van der Waals surface area contributed by atoms with Crippen molar-refractivity contribution in [1.82, 2.24) is 10.3 Å². The highest BCUT2D eigenvalue weighted by molar-refractivity contribution is 5.97. The first kappa shape index (κ1) is 22.7. The van der Waals surface area contributed by atoms with Gasteiger partial charge in [-0.3, -0.25) is 10.1 Å². The third-order valence-electron chi connectivity index (χ3n) is 5.29. The molecule has 0 bridgehead atoms. The van der Waals surface area contributed by atoms with E-state index >= 15 is 0 Å². The summed E-state index contributed by atoms with van der Waals surface area (Å²) in [5, 5.41) is 15.2. The smallest absolute Gasteiger partial charge is 0.408 e. The Balaban J connectivity index is 1.39. The predicted molar refractivity (Wildman–Crippen MR) is 125 cm³/mol. The number of para-hydroxylation sites is 3. The van der Waals surface area contributed by atoms with Crippen molar-refractivity contribution in [3.8, 4) is 0 Å². The molecule has 1 aromatic heterocycles. The number of ether oxygens (including phenoxy) is 2. The third-order valence-corrected chi connectivity index (χ3v) is 5.29. The summed E-state index contributed by atoms with van der Waals surface area (Å²) in [6.45, 7) is 1.16. The minimum atomic E-state index is -0.988. The molecule has 0 unspecified atom stereocenters. The van der Waals surface area contributed by atoms with Gasteiger partial charge in [-0.2, -0.15) is 0 Å². The average Bonchev–Trinajstić information content (AvgIpc) is 2.85. The Labute approximate surface area is 194 Å². The summed E-state index contributed by atoms with van der Waals surface area (Å²) in [5.41, 5.74) is 2.49. The number of rotatable bonds is 7. The molecule has 172 valence electrons. The Bertz CT molecular complexity index is 1330. The van der Waals surface area contributed by atoms with Gasteiger partial charge in [0.15, 0.2) is 0 Å². The second-order valence-corrected chi connectivity index (χ2v) is 7.56. The topological polar surface area (TPSA) is 121 Å². The lowest BCUT2D eigenvalue weighted by Gasteiger charge is -2.15. The molecule has 9 heteroatoms. The van der Waals surface area contributed by atoms with E-state index in [4.69, 9.17) is 9.47 Å². The van der Waals surface area contributed by atoms with Gasteiger partial charge in [-0.1, -0.05) is 48.5 Å². The molecule has 4 aromatic rings. The van der Waals surface area contributed by atoms with Gasteiger partial charge in [0, 0.05) is 22.4 Å². The number of nitrogens with zero attached hydrogens (tertiary/aromatic N) is 2. The number of benzene rings is 3. The number of hydrogen-bond acceptors (Lipinski definition) is 7. The van der Waals surface area contributed by atoms with Crippen molar-refractivity contribution in [2.75, 3.05) is 0 Å². The minimum absolute atomic E-state index is 0.000340. The number of aromatic nitrogens is 1. The monoisotopic (exact) mass is 459 g/mol. The van der Waals surface area contributed by atoms with E-state index in [1.165, 1.54) is 25.1 Å². The Hall–Kier alpha value is -4.53. The fraction of sp³-hybridized carbons (Fsp3) is 0.160. The molecule has 0 radical (unpaired) electrons. The van der Waals surface area contributed by atoms with Gasteiger partial charge in [0.1, 0.15) is 19.3 Å². The van der Waals surface area contributed by atoms with Crippen LogP contribution >= 0.6 is 0 Å². The molecule has 0 spiro atoms. The Kier molecular flexibility index (Phi) is 6.63. The maximum atomic E-state index is 12.5. The molecule has 34 heavy (non-hydrogen) atoms. The van der Waals surface area contributed by atoms with Crippen molar-refractivity contribution in [2.45, 2.75) is 26.2 Å². The van der Waals surface area contributed by atoms with Crippen LogP contribution in [-0.4, -0.2) is 28.0 Å². The average molecular weight is 459 g/mol. The van der Waals surface area contributed by atoms with Crippen LogP contribution in [0.1, 0.15) is 18.1 Å². The summed E-state index contributed by atoms with van der Waals surface area (Å²) in [7, 11) is 0. The largest absolute Gasteiger partial charge is 0.459 e. The van der Waals surface area contributed by atoms with E-state index < -0.39 is 23.0 Å². The molecule has 9 nitrogen and oxygen atoms in total. The third kappa shape index (κ3) is 4.93. The van der Waals surface area contributed by atoms with Gasteiger partial charge in [0.2, 0.25) is 0 Å². The van der Waals surface area contributed by atoms with Crippen LogP contribution in [0.4, 0.5) is 10.5 Å². The summed E-state index contributed by atoms with van der Waals surface area (Å²) in [4.78, 5) is 39.8.